The lowest BCUT2D eigenvalue weighted by atomic mass is 9.74. The van der Waals surface area contributed by atoms with Crippen LogP contribution in [0.5, 0.6) is 0 Å². The highest BCUT2D eigenvalue weighted by atomic mass is 32.1. The molecule has 2 N–H and O–H groups in total. The van der Waals surface area contributed by atoms with Gasteiger partial charge in [0.2, 0.25) is 5.91 Å². The molecular weight excluding hydrogens is 410 g/mol. The van der Waals surface area contributed by atoms with Gasteiger partial charge < -0.3 is 5.32 Å². The van der Waals surface area contributed by atoms with Gasteiger partial charge in [-0.25, -0.2) is 0 Å². The first kappa shape index (κ1) is 20.9. The van der Waals surface area contributed by atoms with Gasteiger partial charge in [0.25, 0.3) is 0 Å². The summed E-state index contributed by atoms with van der Waals surface area (Å²) in [4.78, 5) is 25.9. The Labute approximate surface area is 184 Å². The Hall–Kier alpha value is -3.31. The maximum Gasteiger partial charge on any atom is 0.225 e. The van der Waals surface area contributed by atoms with E-state index in [1.165, 1.54) is 0 Å². The number of hydrogen-bond acceptors (Lipinski definition) is 6. The van der Waals surface area contributed by atoms with Crippen LogP contribution in [0.3, 0.4) is 0 Å². The van der Waals surface area contributed by atoms with Crippen molar-refractivity contribution < 1.29 is 9.59 Å². The molecule has 1 aliphatic rings. The molecule has 1 saturated carbocycles. The molecule has 2 unspecified atom stereocenters. The second-order valence-corrected chi connectivity index (χ2v) is 8.67. The van der Waals surface area contributed by atoms with Crippen LogP contribution in [0.4, 0.5) is 5.00 Å². The van der Waals surface area contributed by atoms with Gasteiger partial charge in [0.05, 0.1) is 11.4 Å². The molecule has 3 aromatic rings. The summed E-state index contributed by atoms with van der Waals surface area (Å²) >= 11 is 1.12. The predicted octanol–water partition coefficient (Wildman–Crippen LogP) is 4.73. The van der Waals surface area contributed by atoms with Gasteiger partial charge in [0.1, 0.15) is 16.6 Å². The molecule has 1 fully saturated rings. The number of aromatic amines is 1. The number of nitriles is 1. The van der Waals surface area contributed by atoms with Crippen LogP contribution in [0.15, 0.2) is 36.5 Å². The summed E-state index contributed by atoms with van der Waals surface area (Å²) in [5.41, 5.74) is 3.58. The molecular formula is C23H23N5O2S. The van der Waals surface area contributed by atoms with E-state index >= 15 is 0 Å². The molecule has 1 aliphatic carbocycles. The number of benzene rings is 1. The van der Waals surface area contributed by atoms with E-state index in [9.17, 15) is 14.9 Å². The molecule has 0 radical (unpaired) electrons. The van der Waals surface area contributed by atoms with Crippen molar-refractivity contribution in [3.05, 3.63) is 53.3 Å². The summed E-state index contributed by atoms with van der Waals surface area (Å²) in [5.74, 6) is -0.247. The number of H-pyrrole nitrogens is 1. The zero-order valence-corrected chi connectivity index (χ0v) is 18.0. The molecule has 0 saturated heterocycles. The molecule has 8 heteroatoms. The van der Waals surface area contributed by atoms with Gasteiger partial charge in [-0.2, -0.15) is 14.7 Å². The van der Waals surface area contributed by atoms with E-state index in [0.717, 1.165) is 48.5 Å². The number of carbonyl (C=O) groups excluding carboxylic acids is 2. The summed E-state index contributed by atoms with van der Waals surface area (Å²) in [6.07, 6.45) is 5.62. The van der Waals surface area contributed by atoms with E-state index < -0.39 is 0 Å². The van der Waals surface area contributed by atoms with Crippen molar-refractivity contribution in [3.8, 4) is 17.3 Å². The van der Waals surface area contributed by atoms with Crippen molar-refractivity contribution in [1.29, 1.82) is 5.26 Å². The van der Waals surface area contributed by atoms with E-state index in [1.54, 1.807) is 13.1 Å². The number of ketones is 1. The van der Waals surface area contributed by atoms with Crippen LogP contribution in [-0.4, -0.2) is 26.3 Å². The number of Topliss-reactive ketones (excluding diaryl/α,β-unsaturated/α-hetero) is 1. The first-order valence-electron chi connectivity index (χ1n) is 10.4. The molecule has 31 heavy (non-hydrogen) atoms. The topological polar surface area (TPSA) is 112 Å². The lowest BCUT2D eigenvalue weighted by molar-refractivity contribution is -0.117. The van der Waals surface area contributed by atoms with Crippen LogP contribution in [-0.2, 0) is 4.79 Å². The Morgan fingerprint density at radius 1 is 1.23 bits per heavy atom. The molecule has 2 aromatic heterocycles. The van der Waals surface area contributed by atoms with Crippen LogP contribution in [0, 0.1) is 30.1 Å². The molecule has 4 rings (SSSR count). The molecule has 0 spiro atoms. The maximum atomic E-state index is 13.2. The number of nitrogens with zero attached hydrogens (tertiary/aromatic N) is 3. The third-order valence-corrected chi connectivity index (χ3v) is 6.76. The molecule has 1 amide bonds. The van der Waals surface area contributed by atoms with Crippen LogP contribution < -0.4 is 5.32 Å². The van der Waals surface area contributed by atoms with Gasteiger partial charge in [-0.05, 0) is 48.8 Å². The highest BCUT2D eigenvalue weighted by Gasteiger charge is 2.33. The fourth-order valence-corrected chi connectivity index (χ4v) is 5.01. The van der Waals surface area contributed by atoms with Crippen LogP contribution in [0.1, 0.15) is 53.7 Å². The maximum absolute atomic E-state index is 13.2. The number of hydrogen-bond donors (Lipinski definition) is 2. The second kappa shape index (κ2) is 9.23. The molecule has 0 bridgehead atoms. The Kier molecular flexibility index (Phi) is 6.23. The van der Waals surface area contributed by atoms with Crippen molar-refractivity contribution >= 4 is 28.2 Å². The molecule has 1 aromatic carbocycles. The Morgan fingerprint density at radius 3 is 2.71 bits per heavy atom. The van der Waals surface area contributed by atoms with Crippen LogP contribution in [0.2, 0.25) is 0 Å². The highest BCUT2D eigenvalue weighted by Crippen LogP contribution is 2.35. The van der Waals surface area contributed by atoms with Gasteiger partial charge in [-0.3, -0.25) is 14.7 Å². The second-order valence-electron chi connectivity index (χ2n) is 7.90. The Bertz CT molecular complexity index is 1110. The Morgan fingerprint density at radius 2 is 2.00 bits per heavy atom. The summed E-state index contributed by atoms with van der Waals surface area (Å²) in [6, 6.07) is 11.5. The highest BCUT2D eigenvalue weighted by molar-refractivity contribution is 7.10. The van der Waals surface area contributed by atoms with E-state index in [1.807, 2.05) is 30.3 Å². The quantitative estimate of drug-likeness (QED) is 0.546. The van der Waals surface area contributed by atoms with E-state index in [0.29, 0.717) is 21.8 Å². The standard InChI is InChI=1S/C23H23N5O2S/c1-14-19(13-24)23(31-28-14)26-21(29)12-17-4-2-3-5-18(17)22(30)16-8-6-15(7-9-16)20-10-11-25-27-20/h6-11,17-18H,2-5,12H2,1H3,(H,25,27)(H,26,29). The fourth-order valence-electron chi connectivity index (χ4n) is 4.24. The zero-order valence-electron chi connectivity index (χ0n) is 17.2. The number of rotatable bonds is 6. The van der Waals surface area contributed by atoms with Crippen LogP contribution >= 0.6 is 11.5 Å². The van der Waals surface area contributed by atoms with Gasteiger partial charge in [0, 0.05) is 24.1 Å². The monoisotopic (exact) mass is 433 g/mol. The minimum absolute atomic E-state index is 0.00640. The van der Waals surface area contributed by atoms with Gasteiger partial charge in [0.15, 0.2) is 5.78 Å². The van der Waals surface area contributed by atoms with Crippen molar-refractivity contribution in [1.82, 2.24) is 14.6 Å². The summed E-state index contributed by atoms with van der Waals surface area (Å²) in [5, 5.41) is 19.4. The smallest absolute Gasteiger partial charge is 0.225 e. The predicted molar refractivity (Wildman–Crippen MR) is 119 cm³/mol. The average molecular weight is 434 g/mol. The van der Waals surface area contributed by atoms with E-state index in [4.69, 9.17) is 0 Å². The molecule has 0 aliphatic heterocycles. The number of anilines is 1. The molecule has 2 atom stereocenters. The average Bonchev–Trinajstić information content (AvgIpc) is 3.44. The lowest BCUT2D eigenvalue weighted by Crippen LogP contribution is -2.30. The summed E-state index contributed by atoms with van der Waals surface area (Å²) in [7, 11) is 0. The first-order valence-corrected chi connectivity index (χ1v) is 11.1. The van der Waals surface area contributed by atoms with Gasteiger partial charge in [-0.1, -0.05) is 37.1 Å². The number of amides is 1. The van der Waals surface area contributed by atoms with Gasteiger partial charge in [-0.15, -0.1) is 0 Å². The first-order chi connectivity index (χ1) is 15.1. The van der Waals surface area contributed by atoms with E-state index in [2.05, 4.69) is 26.0 Å². The minimum Gasteiger partial charge on any atom is -0.315 e. The van der Waals surface area contributed by atoms with Crippen molar-refractivity contribution in [3.63, 3.8) is 0 Å². The summed E-state index contributed by atoms with van der Waals surface area (Å²) < 4.78 is 4.14. The normalized spacial score (nSPS) is 18.3. The lowest BCUT2D eigenvalue weighted by Gasteiger charge is -2.30. The van der Waals surface area contributed by atoms with E-state index in [-0.39, 0.29) is 29.9 Å². The van der Waals surface area contributed by atoms with Crippen molar-refractivity contribution in [2.45, 2.75) is 39.0 Å². The number of aryl methyl sites for hydroxylation is 1. The number of aromatic nitrogens is 3. The van der Waals surface area contributed by atoms with Crippen molar-refractivity contribution in [2.24, 2.45) is 11.8 Å². The van der Waals surface area contributed by atoms with Crippen molar-refractivity contribution in [2.75, 3.05) is 5.32 Å². The third-order valence-electron chi connectivity index (χ3n) is 5.90. The Balaban J connectivity index is 1.45. The zero-order chi connectivity index (χ0) is 21.8. The third kappa shape index (κ3) is 4.57. The van der Waals surface area contributed by atoms with Crippen LogP contribution in [0.25, 0.3) is 11.3 Å². The van der Waals surface area contributed by atoms with Gasteiger partial charge >= 0.3 is 0 Å². The minimum atomic E-state index is -0.170. The molecule has 158 valence electrons. The molecule has 2 heterocycles. The molecule has 7 nitrogen and oxygen atoms in total. The fraction of sp³-hybridized carbons (Fsp3) is 0.348. The SMILES string of the molecule is Cc1nsc(NC(=O)CC2CCCCC2C(=O)c2ccc(-c3ccn[nH]3)cc2)c1C#N. The summed E-state index contributed by atoms with van der Waals surface area (Å²) in [6.45, 7) is 1.75. The number of nitrogens with one attached hydrogen (secondary N) is 2. The largest absolute Gasteiger partial charge is 0.315 e. The number of carbonyl (C=O) groups is 2.